The highest BCUT2D eigenvalue weighted by Gasteiger charge is 2.22. The molecule has 1 saturated heterocycles. The fourth-order valence-corrected chi connectivity index (χ4v) is 2.45. The monoisotopic (exact) mass is 334 g/mol. The van der Waals surface area contributed by atoms with Crippen LogP contribution in [0.4, 0.5) is 5.69 Å². The molecule has 2 amide bonds. The molecule has 2 N–H and O–H groups in total. The van der Waals surface area contributed by atoms with Crippen LogP contribution in [0.1, 0.15) is 26.7 Å². The van der Waals surface area contributed by atoms with Gasteiger partial charge < -0.3 is 20.1 Å². The van der Waals surface area contributed by atoms with Crippen molar-refractivity contribution in [1.82, 2.24) is 5.32 Å². The zero-order chi connectivity index (χ0) is 17.7. The minimum atomic E-state index is -0.966. The number of aliphatic carboxylic acids is 1. The van der Waals surface area contributed by atoms with Crippen molar-refractivity contribution in [3.63, 3.8) is 0 Å². The molecule has 0 radical (unpaired) electrons. The summed E-state index contributed by atoms with van der Waals surface area (Å²) in [5, 5.41) is 11.5. The summed E-state index contributed by atoms with van der Waals surface area (Å²) in [7, 11) is 0. The first-order valence-corrected chi connectivity index (χ1v) is 7.94. The van der Waals surface area contributed by atoms with Gasteiger partial charge in [0.2, 0.25) is 5.91 Å². The number of carbonyl (C=O) groups is 3. The van der Waals surface area contributed by atoms with Crippen molar-refractivity contribution in [2.45, 2.75) is 32.7 Å². The van der Waals surface area contributed by atoms with Crippen molar-refractivity contribution in [2.24, 2.45) is 5.92 Å². The number of hydrogen-bond acceptors (Lipinski definition) is 4. The summed E-state index contributed by atoms with van der Waals surface area (Å²) in [4.78, 5) is 36.2. The highest BCUT2D eigenvalue weighted by atomic mass is 16.5. The Bertz CT molecular complexity index is 631. The third-order valence-electron chi connectivity index (χ3n) is 4.10. The molecule has 2 rings (SSSR count). The van der Waals surface area contributed by atoms with Crippen molar-refractivity contribution < 1.29 is 24.2 Å². The standard InChI is InChI=1S/C17H22N2O5/c1-11(17(22)23)12(2)18-15(20)10-24-14-6-3-5-13(9-14)19-8-4-7-16(19)21/h3,5-6,9,11-12H,4,7-8,10H2,1-2H3,(H,18,20)(H,22,23). The lowest BCUT2D eigenvalue weighted by atomic mass is 10.0. The number of carbonyl (C=O) groups excluding carboxylic acids is 2. The van der Waals surface area contributed by atoms with Crippen LogP contribution in [0.5, 0.6) is 5.75 Å². The summed E-state index contributed by atoms with van der Waals surface area (Å²) in [5.41, 5.74) is 0.753. The van der Waals surface area contributed by atoms with Gasteiger partial charge in [0.1, 0.15) is 5.75 Å². The quantitative estimate of drug-likeness (QED) is 0.786. The fraction of sp³-hybridized carbons (Fsp3) is 0.471. The molecule has 1 heterocycles. The van der Waals surface area contributed by atoms with E-state index in [9.17, 15) is 14.4 Å². The van der Waals surface area contributed by atoms with Crippen LogP contribution in [-0.2, 0) is 14.4 Å². The Morgan fingerprint density at radius 1 is 1.38 bits per heavy atom. The first kappa shape index (κ1) is 17.8. The highest BCUT2D eigenvalue weighted by Crippen LogP contribution is 2.25. The van der Waals surface area contributed by atoms with Gasteiger partial charge in [-0.2, -0.15) is 0 Å². The molecule has 0 aromatic heterocycles. The Labute approximate surface area is 140 Å². The number of carboxylic acids is 1. The van der Waals surface area contributed by atoms with Crippen LogP contribution < -0.4 is 15.0 Å². The molecule has 1 aliphatic rings. The normalized spacial score (nSPS) is 16.6. The third-order valence-corrected chi connectivity index (χ3v) is 4.10. The Morgan fingerprint density at radius 3 is 2.75 bits per heavy atom. The second-order valence-electron chi connectivity index (χ2n) is 5.92. The van der Waals surface area contributed by atoms with Crippen molar-refractivity contribution in [1.29, 1.82) is 0 Å². The highest BCUT2D eigenvalue weighted by molar-refractivity contribution is 5.95. The van der Waals surface area contributed by atoms with Gasteiger partial charge >= 0.3 is 5.97 Å². The third kappa shape index (κ3) is 4.47. The molecule has 24 heavy (non-hydrogen) atoms. The summed E-state index contributed by atoms with van der Waals surface area (Å²) in [6, 6.07) is 6.53. The molecule has 0 aliphatic carbocycles. The zero-order valence-corrected chi connectivity index (χ0v) is 13.8. The summed E-state index contributed by atoms with van der Waals surface area (Å²) in [6.07, 6.45) is 1.39. The van der Waals surface area contributed by atoms with Gasteiger partial charge in [-0.15, -0.1) is 0 Å². The molecule has 1 aromatic rings. The van der Waals surface area contributed by atoms with Crippen LogP contribution in [0.25, 0.3) is 0 Å². The van der Waals surface area contributed by atoms with Crippen LogP contribution in [0.3, 0.4) is 0 Å². The number of amides is 2. The lowest BCUT2D eigenvalue weighted by Gasteiger charge is -2.18. The van der Waals surface area contributed by atoms with E-state index in [0.29, 0.717) is 18.7 Å². The Morgan fingerprint density at radius 2 is 2.12 bits per heavy atom. The minimum absolute atomic E-state index is 0.0846. The fourth-order valence-electron chi connectivity index (χ4n) is 2.45. The molecular formula is C17H22N2O5. The molecule has 0 spiro atoms. The number of rotatable bonds is 7. The zero-order valence-electron chi connectivity index (χ0n) is 13.8. The maximum atomic E-state index is 11.9. The number of hydrogen-bond donors (Lipinski definition) is 2. The van der Waals surface area contributed by atoms with Crippen molar-refractivity contribution in [3.8, 4) is 5.75 Å². The van der Waals surface area contributed by atoms with E-state index in [1.165, 1.54) is 6.92 Å². The van der Waals surface area contributed by atoms with Gasteiger partial charge in [0.25, 0.3) is 5.91 Å². The van der Waals surface area contributed by atoms with E-state index < -0.39 is 23.8 Å². The van der Waals surface area contributed by atoms with Gasteiger partial charge in [-0.25, -0.2) is 0 Å². The van der Waals surface area contributed by atoms with Crippen LogP contribution in [0, 0.1) is 5.92 Å². The van der Waals surface area contributed by atoms with E-state index in [0.717, 1.165) is 12.1 Å². The van der Waals surface area contributed by atoms with Crippen LogP contribution >= 0.6 is 0 Å². The first-order valence-electron chi connectivity index (χ1n) is 7.94. The predicted octanol–water partition coefficient (Wildman–Crippen LogP) is 1.42. The molecular weight excluding hydrogens is 312 g/mol. The van der Waals surface area contributed by atoms with Crippen molar-refractivity contribution in [2.75, 3.05) is 18.1 Å². The number of nitrogens with zero attached hydrogens (tertiary/aromatic N) is 1. The number of ether oxygens (including phenoxy) is 1. The number of anilines is 1. The first-order chi connectivity index (χ1) is 11.4. The average Bonchev–Trinajstić information content (AvgIpc) is 2.98. The summed E-state index contributed by atoms with van der Waals surface area (Å²) >= 11 is 0. The van der Waals surface area contributed by atoms with Gasteiger partial charge in [0.05, 0.1) is 5.92 Å². The SMILES string of the molecule is CC(NC(=O)COc1cccc(N2CCCC2=O)c1)C(C)C(=O)O. The maximum Gasteiger partial charge on any atom is 0.308 e. The Kier molecular flexibility index (Phi) is 5.78. The topological polar surface area (TPSA) is 95.9 Å². The minimum Gasteiger partial charge on any atom is -0.484 e. The lowest BCUT2D eigenvalue weighted by molar-refractivity contribution is -0.142. The number of carboxylic acid groups (broad SMARTS) is 1. The van der Waals surface area contributed by atoms with Crippen LogP contribution in [-0.4, -0.2) is 42.1 Å². The lowest BCUT2D eigenvalue weighted by Crippen LogP contribution is -2.42. The van der Waals surface area contributed by atoms with Gasteiger partial charge in [0, 0.05) is 30.8 Å². The molecule has 7 heteroatoms. The molecule has 1 fully saturated rings. The van der Waals surface area contributed by atoms with Crippen molar-refractivity contribution in [3.05, 3.63) is 24.3 Å². The van der Waals surface area contributed by atoms with E-state index in [2.05, 4.69) is 5.32 Å². The Hall–Kier alpha value is -2.57. The largest absolute Gasteiger partial charge is 0.484 e. The van der Waals surface area contributed by atoms with E-state index in [1.807, 2.05) is 6.07 Å². The second-order valence-corrected chi connectivity index (χ2v) is 5.92. The van der Waals surface area contributed by atoms with Crippen LogP contribution in [0.15, 0.2) is 24.3 Å². The predicted molar refractivity (Wildman–Crippen MR) is 87.9 cm³/mol. The van der Waals surface area contributed by atoms with Crippen molar-refractivity contribution >= 4 is 23.5 Å². The van der Waals surface area contributed by atoms with Gasteiger partial charge in [-0.05, 0) is 32.4 Å². The second kappa shape index (κ2) is 7.81. The average molecular weight is 334 g/mol. The van der Waals surface area contributed by atoms with E-state index in [-0.39, 0.29) is 12.5 Å². The molecule has 0 bridgehead atoms. The van der Waals surface area contributed by atoms with Gasteiger partial charge in [-0.1, -0.05) is 6.07 Å². The molecule has 1 aliphatic heterocycles. The number of nitrogens with one attached hydrogen (secondary N) is 1. The Balaban J connectivity index is 1.89. The van der Waals surface area contributed by atoms with Gasteiger partial charge in [-0.3, -0.25) is 14.4 Å². The summed E-state index contributed by atoms with van der Waals surface area (Å²) < 4.78 is 5.45. The molecule has 130 valence electrons. The molecule has 2 atom stereocenters. The van der Waals surface area contributed by atoms with Gasteiger partial charge in [0.15, 0.2) is 6.61 Å². The summed E-state index contributed by atoms with van der Waals surface area (Å²) in [5.74, 6) is -1.47. The van der Waals surface area contributed by atoms with E-state index in [4.69, 9.17) is 9.84 Å². The molecule has 0 saturated carbocycles. The number of benzene rings is 1. The van der Waals surface area contributed by atoms with Crippen LogP contribution in [0.2, 0.25) is 0 Å². The molecule has 7 nitrogen and oxygen atoms in total. The van der Waals surface area contributed by atoms with E-state index in [1.54, 1.807) is 30.0 Å². The maximum absolute atomic E-state index is 11.9. The molecule has 2 unspecified atom stereocenters. The van der Waals surface area contributed by atoms with E-state index >= 15 is 0 Å². The molecule has 1 aromatic carbocycles. The smallest absolute Gasteiger partial charge is 0.308 e. The summed E-state index contributed by atoms with van der Waals surface area (Å²) in [6.45, 7) is 3.64.